The van der Waals surface area contributed by atoms with Crippen molar-refractivity contribution in [3.8, 4) is 5.75 Å². The quantitative estimate of drug-likeness (QED) is 0.871. The van der Waals surface area contributed by atoms with E-state index < -0.39 is 0 Å². The van der Waals surface area contributed by atoms with Crippen LogP contribution in [0.3, 0.4) is 0 Å². The Labute approximate surface area is 158 Å². The number of amides is 1. The molecule has 6 nitrogen and oxygen atoms in total. The third kappa shape index (κ3) is 4.55. The summed E-state index contributed by atoms with van der Waals surface area (Å²) in [5, 5.41) is 7.70. The van der Waals surface area contributed by atoms with Crippen molar-refractivity contribution in [1.29, 1.82) is 0 Å². The predicted molar refractivity (Wildman–Crippen MR) is 98.4 cm³/mol. The molecule has 1 aliphatic heterocycles. The lowest BCUT2D eigenvalue weighted by molar-refractivity contribution is -0.121. The van der Waals surface area contributed by atoms with Crippen LogP contribution in [-0.2, 0) is 16.6 Å². The van der Waals surface area contributed by atoms with Gasteiger partial charge in [0.2, 0.25) is 11.8 Å². The van der Waals surface area contributed by atoms with E-state index in [9.17, 15) is 4.79 Å². The lowest BCUT2D eigenvalue weighted by atomic mass is 9.96. The minimum Gasteiger partial charge on any atom is -0.493 e. The Morgan fingerprint density at radius 3 is 2.92 bits per heavy atom. The van der Waals surface area contributed by atoms with Gasteiger partial charge in [-0.2, -0.15) is 4.98 Å². The zero-order valence-corrected chi connectivity index (χ0v) is 16.1. The van der Waals surface area contributed by atoms with E-state index in [1.54, 1.807) is 6.07 Å². The maximum atomic E-state index is 12.4. The van der Waals surface area contributed by atoms with Gasteiger partial charge in [0.05, 0.1) is 12.6 Å². The van der Waals surface area contributed by atoms with Crippen molar-refractivity contribution in [1.82, 2.24) is 15.5 Å². The maximum absolute atomic E-state index is 12.4. The van der Waals surface area contributed by atoms with Gasteiger partial charge in [-0.1, -0.05) is 43.6 Å². The van der Waals surface area contributed by atoms with Gasteiger partial charge in [-0.3, -0.25) is 4.79 Å². The molecule has 0 saturated carbocycles. The van der Waals surface area contributed by atoms with E-state index in [0.717, 1.165) is 24.2 Å². The molecule has 1 N–H and O–H groups in total. The highest BCUT2D eigenvalue weighted by Crippen LogP contribution is 2.33. The molecule has 0 bridgehead atoms. The molecule has 0 saturated heterocycles. The Morgan fingerprint density at radius 1 is 1.38 bits per heavy atom. The highest BCUT2D eigenvalue weighted by atomic mass is 35.5. The Kier molecular flexibility index (Phi) is 5.51. The second kappa shape index (κ2) is 7.66. The molecule has 1 aromatic carbocycles. The number of rotatable bonds is 4. The fourth-order valence-electron chi connectivity index (χ4n) is 2.84. The van der Waals surface area contributed by atoms with E-state index in [4.69, 9.17) is 20.9 Å². The van der Waals surface area contributed by atoms with E-state index in [-0.39, 0.29) is 17.4 Å². The molecule has 2 heterocycles. The van der Waals surface area contributed by atoms with E-state index in [0.29, 0.717) is 36.2 Å². The number of hydrogen-bond donors (Lipinski definition) is 1. The summed E-state index contributed by atoms with van der Waals surface area (Å²) < 4.78 is 11.0. The predicted octanol–water partition coefficient (Wildman–Crippen LogP) is 3.98. The zero-order chi connectivity index (χ0) is 18.7. The maximum Gasteiger partial charge on any atom is 0.227 e. The number of hydrogen-bond acceptors (Lipinski definition) is 5. The van der Waals surface area contributed by atoms with Crippen molar-refractivity contribution < 1.29 is 14.1 Å². The minimum absolute atomic E-state index is 0.0479. The smallest absolute Gasteiger partial charge is 0.227 e. The first-order valence-electron chi connectivity index (χ1n) is 8.87. The van der Waals surface area contributed by atoms with Crippen LogP contribution < -0.4 is 10.1 Å². The van der Waals surface area contributed by atoms with Crippen LogP contribution >= 0.6 is 11.6 Å². The number of aromatic nitrogens is 2. The van der Waals surface area contributed by atoms with Crippen LogP contribution in [0.5, 0.6) is 5.75 Å². The van der Waals surface area contributed by atoms with Crippen LogP contribution in [0.1, 0.15) is 63.4 Å². The van der Waals surface area contributed by atoms with Crippen molar-refractivity contribution >= 4 is 17.5 Å². The number of aryl methyl sites for hydroxylation is 1. The summed E-state index contributed by atoms with van der Waals surface area (Å²) in [6.45, 7) is 6.68. The SMILES string of the molecule is CC(C)(C)c1noc(CCC(=O)N[C@H]2CCCOc3cc(Cl)ccc32)n1. The molecule has 3 rings (SSSR count). The monoisotopic (exact) mass is 377 g/mol. The van der Waals surface area contributed by atoms with Crippen LogP contribution in [0, 0.1) is 0 Å². The molecule has 140 valence electrons. The molecule has 1 amide bonds. The number of nitrogens with zero attached hydrogens (tertiary/aromatic N) is 2. The van der Waals surface area contributed by atoms with E-state index in [1.165, 1.54) is 0 Å². The number of halogens is 1. The summed E-state index contributed by atoms with van der Waals surface area (Å²) in [7, 11) is 0. The average Bonchev–Trinajstić information content (AvgIpc) is 2.97. The van der Waals surface area contributed by atoms with Crippen molar-refractivity contribution in [2.24, 2.45) is 0 Å². The van der Waals surface area contributed by atoms with Gasteiger partial charge in [-0.25, -0.2) is 0 Å². The largest absolute Gasteiger partial charge is 0.493 e. The first kappa shape index (κ1) is 18.7. The van der Waals surface area contributed by atoms with Crippen LogP contribution in [0.25, 0.3) is 0 Å². The lowest BCUT2D eigenvalue weighted by Crippen LogP contribution is -2.28. The number of fused-ring (bicyclic) bond motifs is 1. The summed E-state index contributed by atoms with van der Waals surface area (Å²) in [6.07, 6.45) is 2.42. The van der Waals surface area contributed by atoms with Gasteiger partial charge < -0.3 is 14.6 Å². The first-order chi connectivity index (χ1) is 12.3. The standard InChI is InChI=1S/C19H24ClN3O3/c1-19(2,3)18-22-17(26-23-18)9-8-16(24)21-14-5-4-10-25-15-11-12(20)6-7-13(14)15/h6-7,11,14H,4-5,8-10H2,1-3H3,(H,21,24)/t14-/m0/s1. The Morgan fingerprint density at radius 2 is 2.19 bits per heavy atom. The van der Waals surface area contributed by atoms with E-state index in [1.807, 2.05) is 32.9 Å². The second-order valence-corrected chi connectivity index (χ2v) is 7.99. The van der Waals surface area contributed by atoms with Gasteiger partial charge in [0, 0.05) is 28.8 Å². The fraction of sp³-hybridized carbons (Fsp3) is 0.526. The molecule has 0 unspecified atom stereocenters. The summed E-state index contributed by atoms with van der Waals surface area (Å²) in [5.74, 6) is 1.83. The molecule has 1 aliphatic rings. The Bertz CT molecular complexity index is 783. The van der Waals surface area contributed by atoms with Gasteiger partial charge in [-0.15, -0.1) is 0 Å². The van der Waals surface area contributed by atoms with Gasteiger partial charge >= 0.3 is 0 Å². The molecule has 0 radical (unpaired) electrons. The van der Waals surface area contributed by atoms with Crippen LogP contribution in [-0.4, -0.2) is 22.7 Å². The van der Waals surface area contributed by atoms with Gasteiger partial charge in [0.25, 0.3) is 0 Å². The zero-order valence-electron chi connectivity index (χ0n) is 15.3. The van der Waals surface area contributed by atoms with Crippen molar-refractivity contribution in [2.75, 3.05) is 6.61 Å². The number of carbonyl (C=O) groups is 1. The Balaban J connectivity index is 1.61. The summed E-state index contributed by atoms with van der Waals surface area (Å²) >= 11 is 6.04. The Hall–Kier alpha value is -2.08. The molecule has 2 aromatic rings. The van der Waals surface area contributed by atoms with Crippen molar-refractivity contribution in [3.63, 3.8) is 0 Å². The molecular formula is C19H24ClN3O3. The average molecular weight is 378 g/mol. The summed E-state index contributed by atoms with van der Waals surface area (Å²) in [6, 6.07) is 5.46. The minimum atomic E-state index is -0.171. The number of carbonyl (C=O) groups excluding carboxylic acids is 1. The lowest BCUT2D eigenvalue weighted by Gasteiger charge is -2.18. The highest BCUT2D eigenvalue weighted by molar-refractivity contribution is 6.30. The summed E-state index contributed by atoms with van der Waals surface area (Å²) in [5.41, 5.74) is 0.795. The number of ether oxygens (including phenoxy) is 1. The summed E-state index contributed by atoms with van der Waals surface area (Å²) in [4.78, 5) is 16.8. The second-order valence-electron chi connectivity index (χ2n) is 7.55. The molecule has 26 heavy (non-hydrogen) atoms. The number of nitrogens with one attached hydrogen (secondary N) is 1. The molecule has 7 heteroatoms. The van der Waals surface area contributed by atoms with E-state index in [2.05, 4.69) is 15.5 Å². The third-order valence-electron chi connectivity index (χ3n) is 4.29. The third-order valence-corrected chi connectivity index (χ3v) is 4.52. The molecule has 0 fully saturated rings. The molecular weight excluding hydrogens is 354 g/mol. The van der Waals surface area contributed by atoms with Crippen LogP contribution in [0.4, 0.5) is 0 Å². The van der Waals surface area contributed by atoms with E-state index >= 15 is 0 Å². The van der Waals surface area contributed by atoms with Gasteiger partial charge in [-0.05, 0) is 25.0 Å². The molecule has 1 atom stereocenters. The van der Waals surface area contributed by atoms with Crippen LogP contribution in [0.2, 0.25) is 5.02 Å². The molecule has 0 aliphatic carbocycles. The topological polar surface area (TPSA) is 77.2 Å². The fourth-order valence-corrected chi connectivity index (χ4v) is 3.01. The molecule has 1 aromatic heterocycles. The highest BCUT2D eigenvalue weighted by Gasteiger charge is 2.23. The van der Waals surface area contributed by atoms with Crippen LogP contribution in [0.15, 0.2) is 22.7 Å². The first-order valence-corrected chi connectivity index (χ1v) is 9.25. The van der Waals surface area contributed by atoms with Gasteiger partial charge in [0.1, 0.15) is 5.75 Å². The normalized spacial score (nSPS) is 17.2. The molecule has 0 spiro atoms. The number of benzene rings is 1. The van der Waals surface area contributed by atoms with Crippen molar-refractivity contribution in [3.05, 3.63) is 40.5 Å². The van der Waals surface area contributed by atoms with Gasteiger partial charge in [0.15, 0.2) is 5.82 Å². The van der Waals surface area contributed by atoms with Crippen molar-refractivity contribution in [2.45, 2.75) is 57.9 Å².